The van der Waals surface area contributed by atoms with Crippen LogP contribution in [0.4, 0.5) is 0 Å². The van der Waals surface area contributed by atoms with Gasteiger partial charge in [-0.05, 0) is 12.2 Å². The molecule has 1 aliphatic carbocycles. The molecule has 0 aromatic carbocycles. The summed E-state index contributed by atoms with van der Waals surface area (Å²) in [6.07, 6.45) is 12.7. The molecular weight excluding hydrogens is 148 g/mol. The third-order valence-electron chi connectivity index (χ3n) is 2.54. The molecule has 62 valence electrons. The SMILES string of the molecule is C=CCC12C=CC=CC1(C=C)O2. The molecule has 2 aliphatic rings. The number of epoxide rings is 1. The van der Waals surface area contributed by atoms with Crippen molar-refractivity contribution in [2.45, 2.75) is 17.6 Å². The minimum Gasteiger partial charge on any atom is -0.349 e. The second kappa shape index (κ2) is 2.20. The predicted molar refractivity (Wildman–Crippen MR) is 49.8 cm³/mol. The normalized spacial score (nSPS) is 42.0. The van der Waals surface area contributed by atoms with Crippen molar-refractivity contribution >= 4 is 0 Å². The topological polar surface area (TPSA) is 12.5 Å². The lowest BCUT2D eigenvalue weighted by Crippen LogP contribution is -2.20. The summed E-state index contributed by atoms with van der Waals surface area (Å²) in [5.74, 6) is 0. The number of hydrogen-bond acceptors (Lipinski definition) is 1. The van der Waals surface area contributed by atoms with E-state index in [2.05, 4.69) is 19.2 Å². The van der Waals surface area contributed by atoms with E-state index in [9.17, 15) is 0 Å². The Labute approximate surface area is 72.7 Å². The summed E-state index contributed by atoms with van der Waals surface area (Å²) in [4.78, 5) is 0. The first kappa shape index (κ1) is 7.56. The molecule has 0 aromatic heterocycles. The lowest BCUT2D eigenvalue weighted by atomic mass is 9.86. The predicted octanol–water partition coefficient (Wildman–Crippen LogP) is 2.38. The zero-order valence-electron chi connectivity index (χ0n) is 6.99. The van der Waals surface area contributed by atoms with E-state index >= 15 is 0 Å². The van der Waals surface area contributed by atoms with Gasteiger partial charge in [-0.2, -0.15) is 0 Å². The van der Waals surface area contributed by atoms with Gasteiger partial charge < -0.3 is 4.74 Å². The van der Waals surface area contributed by atoms with E-state index in [1.54, 1.807) is 0 Å². The van der Waals surface area contributed by atoms with Crippen LogP contribution in [-0.2, 0) is 4.74 Å². The van der Waals surface area contributed by atoms with Crippen LogP contribution in [0.5, 0.6) is 0 Å². The van der Waals surface area contributed by atoms with E-state index in [0.29, 0.717) is 0 Å². The molecule has 0 saturated carbocycles. The quantitative estimate of drug-likeness (QED) is 0.456. The molecule has 1 aliphatic heterocycles. The summed E-state index contributed by atoms with van der Waals surface area (Å²) in [6.45, 7) is 7.50. The van der Waals surface area contributed by atoms with Crippen LogP contribution in [0.1, 0.15) is 6.42 Å². The maximum atomic E-state index is 5.68. The highest BCUT2D eigenvalue weighted by Crippen LogP contribution is 2.55. The number of fused-ring (bicyclic) bond motifs is 1. The Hall–Kier alpha value is -1.08. The fourth-order valence-corrected chi connectivity index (χ4v) is 1.79. The Bertz CT molecular complexity index is 287. The van der Waals surface area contributed by atoms with Gasteiger partial charge in [-0.1, -0.05) is 30.9 Å². The lowest BCUT2D eigenvalue weighted by Gasteiger charge is -2.10. The maximum Gasteiger partial charge on any atom is 0.139 e. The van der Waals surface area contributed by atoms with Gasteiger partial charge in [0.1, 0.15) is 11.2 Å². The lowest BCUT2D eigenvalue weighted by molar-refractivity contribution is 0.325. The third-order valence-corrected chi connectivity index (χ3v) is 2.54. The Balaban J connectivity index is 2.31. The van der Waals surface area contributed by atoms with Crippen molar-refractivity contribution in [3.05, 3.63) is 49.6 Å². The van der Waals surface area contributed by atoms with Crippen molar-refractivity contribution < 1.29 is 4.74 Å². The Morgan fingerprint density at radius 2 is 2.00 bits per heavy atom. The molecule has 1 saturated heterocycles. The Morgan fingerprint density at radius 1 is 1.25 bits per heavy atom. The largest absolute Gasteiger partial charge is 0.349 e. The van der Waals surface area contributed by atoms with Gasteiger partial charge in [-0.3, -0.25) is 0 Å². The van der Waals surface area contributed by atoms with Gasteiger partial charge in [0, 0.05) is 6.42 Å². The first-order valence-corrected chi connectivity index (χ1v) is 4.10. The minimum atomic E-state index is -0.240. The van der Waals surface area contributed by atoms with Crippen molar-refractivity contribution in [3.8, 4) is 0 Å². The van der Waals surface area contributed by atoms with E-state index < -0.39 is 0 Å². The maximum absolute atomic E-state index is 5.68. The summed E-state index contributed by atoms with van der Waals surface area (Å²) in [7, 11) is 0. The van der Waals surface area contributed by atoms with Gasteiger partial charge in [0.25, 0.3) is 0 Å². The van der Waals surface area contributed by atoms with Crippen molar-refractivity contribution in [1.82, 2.24) is 0 Å². The molecule has 0 amide bonds. The van der Waals surface area contributed by atoms with Crippen LogP contribution >= 0.6 is 0 Å². The van der Waals surface area contributed by atoms with Gasteiger partial charge in [-0.15, -0.1) is 6.58 Å². The van der Waals surface area contributed by atoms with Crippen LogP contribution in [0.15, 0.2) is 49.6 Å². The van der Waals surface area contributed by atoms with Crippen LogP contribution in [-0.4, -0.2) is 11.2 Å². The van der Waals surface area contributed by atoms with E-state index in [0.717, 1.165) is 6.42 Å². The van der Waals surface area contributed by atoms with Crippen molar-refractivity contribution in [3.63, 3.8) is 0 Å². The second-order valence-corrected chi connectivity index (χ2v) is 3.20. The Morgan fingerprint density at radius 3 is 2.67 bits per heavy atom. The van der Waals surface area contributed by atoms with Crippen molar-refractivity contribution in [2.75, 3.05) is 0 Å². The number of ether oxygens (including phenoxy) is 1. The summed E-state index contributed by atoms with van der Waals surface area (Å²) < 4.78 is 5.68. The molecule has 1 fully saturated rings. The minimum absolute atomic E-state index is 0.161. The Kier molecular flexibility index (Phi) is 1.39. The molecule has 1 heterocycles. The average Bonchev–Trinajstić information content (AvgIpc) is 2.75. The van der Waals surface area contributed by atoms with E-state index in [4.69, 9.17) is 4.74 Å². The smallest absolute Gasteiger partial charge is 0.139 e. The van der Waals surface area contributed by atoms with Crippen LogP contribution in [0.2, 0.25) is 0 Å². The second-order valence-electron chi connectivity index (χ2n) is 3.20. The molecule has 0 radical (unpaired) electrons. The molecule has 0 aromatic rings. The fraction of sp³-hybridized carbons (Fsp3) is 0.273. The number of rotatable bonds is 3. The fourth-order valence-electron chi connectivity index (χ4n) is 1.79. The molecule has 2 rings (SSSR count). The van der Waals surface area contributed by atoms with E-state index in [1.807, 2.05) is 30.4 Å². The first-order chi connectivity index (χ1) is 5.79. The van der Waals surface area contributed by atoms with Gasteiger partial charge >= 0.3 is 0 Å². The van der Waals surface area contributed by atoms with Crippen LogP contribution in [0.25, 0.3) is 0 Å². The molecule has 2 atom stereocenters. The monoisotopic (exact) mass is 160 g/mol. The van der Waals surface area contributed by atoms with Crippen molar-refractivity contribution in [1.29, 1.82) is 0 Å². The van der Waals surface area contributed by atoms with E-state index in [1.165, 1.54) is 0 Å². The molecular formula is C11H12O. The average molecular weight is 160 g/mol. The molecule has 0 bridgehead atoms. The van der Waals surface area contributed by atoms with E-state index in [-0.39, 0.29) is 11.2 Å². The standard InChI is InChI=1S/C11H12O/c1-3-7-11-9-6-5-8-10(11,4-2)12-11/h3-6,8-9H,1-2,7H2. The van der Waals surface area contributed by atoms with Gasteiger partial charge in [0.15, 0.2) is 0 Å². The van der Waals surface area contributed by atoms with Gasteiger partial charge in [-0.25, -0.2) is 0 Å². The molecule has 12 heavy (non-hydrogen) atoms. The summed E-state index contributed by atoms with van der Waals surface area (Å²) in [5, 5.41) is 0. The third kappa shape index (κ3) is 0.718. The van der Waals surface area contributed by atoms with Crippen LogP contribution in [0, 0.1) is 0 Å². The highest BCUT2D eigenvalue weighted by Gasteiger charge is 2.65. The van der Waals surface area contributed by atoms with Crippen LogP contribution in [0.3, 0.4) is 0 Å². The molecule has 0 spiro atoms. The highest BCUT2D eigenvalue weighted by molar-refractivity contribution is 5.44. The van der Waals surface area contributed by atoms with Crippen LogP contribution < -0.4 is 0 Å². The number of allylic oxidation sites excluding steroid dienone is 2. The highest BCUT2D eigenvalue weighted by atomic mass is 16.6. The number of hydrogen-bond donors (Lipinski definition) is 0. The first-order valence-electron chi connectivity index (χ1n) is 4.10. The van der Waals surface area contributed by atoms with Gasteiger partial charge in [0.05, 0.1) is 0 Å². The molecule has 1 heteroatoms. The zero-order chi connectivity index (χ0) is 8.66. The van der Waals surface area contributed by atoms with Crippen molar-refractivity contribution in [2.24, 2.45) is 0 Å². The summed E-state index contributed by atoms with van der Waals surface area (Å²) in [6, 6.07) is 0. The summed E-state index contributed by atoms with van der Waals surface area (Å²) >= 11 is 0. The zero-order valence-corrected chi connectivity index (χ0v) is 6.99. The summed E-state index contributed by atoms with van der Waals surface area (Å²) in [5.41, 5.74) is -0.402. The molecule has 2 unspecified atom stereocenters. The molecule has 0 N–H and O–H groups in total. The van der Waals surface area contributed by atoms with Gasteiger partial charge in [0.2, 0.25) is 0 Å². The molecule has 1 nitrogen and oxygen atoms in total.